The minimum Gasteiger partial charge on any atom is -0.367 e. The second kappa shape index (κ2) is 9.48. The molecule has 0 radical (unpaired) electrons. The molecule has 33 heavy (non-hydrogen) atoms. The van der Waals surface area contributed by atoms with Gasteiger partial charge in [-0.1, -0.05) is 29.7 Å². The number of hydrogen-bond donors (Lipinski definition) is 2. The van der Waals surface area contributed by atoms with Crippen molar-refractivity contribution in [1.29, 1.82) is 0 Å². The van der Waals surface area contributed by atoms with Crippen LogP contribution in [-0.2, 0) is 5.41 Å². The van der Waals surface area contributed by atoms with Gasteiger partial charge in [-0.2, -0.15) is 0 Å². The Morgan fingerprint density at radius 1 is 1.24 bits per heavy atom. The van der Waals surface area contributed by atoms with Gasteiger partial charge in [0.2, 0.25) is 0 Å². The van der Waals surface area contributed by atoms with Crippen LogP contribution >= 0.6 is 22.9 Å². The van der Waals surface area contributed by atoms with Gasteiger partial charge >= 0.3 is 0 Å². The van der Waals surface area contributed by atoms with E-state index in [1.165, 1.54) is 6.07 Å². The van der Waals surface area contributed by atoms with Gasteiger partial charge in [0, 0.05) is 36.6 Å². The lowest BCUT2D eigenvalue weighted by Crippen LogP contribution is -2.44. The number of nitrogens with zero attached hydrogens (tertiary/aromatic N) is 2. The molecule has 1 amide bonds. The average Bonchev–Trinajstić information content (AvgIpc) is 3.28. The van der Waals surface area contributed by atoms with Gasteiger partial charge in [0.25, 0.3) is 5.91 Å². The molecule has 0 saturated carbocycles. The summed E-state index contributed by atoms with van der Waals surface area (Å²) in [7, 11) is 0. The fourth-order valence-corrected chi connectivity index (χ4v) is 4.65. The molecule has 5 nitrogen and oxygen atoms in total. The Bertz CT molecular complexity index is 1220. The van der Waals surface area contributed by atoms with Gasteiger partial charge in [-0.25, -0.2) is 13.8 Å². The summed E-state index contributed by atoms with van der Waals surface area (Å²) in [6.07, 6.45) is 5.82. The van der Waals surface area contributed by atoms with Crippen molar-refractivity contribution in [1.82, 2.24) is 10.3 Å². The van der Waals surface area contributed by atoms with E-state index in [1.54, 1.807) is 22.4 Å². The Hall–Kier alpha value is -2.99. The number of rotatable bonds is 5. The first-order chi connectivity index (χ1) is 15.8. The van der Waals surface area contributed by atoms with Crippen molar-refractivity contribution in [3.05, 3.63) is 75.3 Å². The van der Waals surface area contributed by atoms with E-state index in [9.17, 15) is 9.18 Å². The third-order valence-corrected chi connectivity index (χ3v) is 6.71. The monoisotopic (exact) mass is 486 g/mol. The summed E-state index contributed by atoms with van der Waals surface area (Å²) in [5.41, 5.74) is 0.0234. The van der Waals surface area contributed by atoms with Crippen LogP contribution in [0.4, 0.5) is 19.6 Å². The highest BCUT2D eigenvalue weighted by atomic mass is 35.5. The maximum atomic E-state index is 15.2. The average molecular weight is 487 g/mol. The molecule has 2 N–H and O–H groups in total. The smallest absolute Gasteiger partial charge is 0.263 e. The van der Waals surface area contributed by atoms with E-state index in [0.29, 0.717) is 36.9 Å². The van der Waals surface area contributed by atoms with Crippen LogP contribution in [-0.4, -0.2) is 37.1 Å². The highest BCUT2D eigenvalue weighted by Gasteiger charge is 2.30. The first-order valence-electron chi connectivity index (χ1n) is 10.3. The van der Waals surface area contributed by atoms with Crippen molar-refractivity contribution >= 4 is 39.7 Å². The topological polar surface area (TPSA) is 57.3 Å². The predicted octanol–water partition coefficient (Wildman–Crippen LogP) is 4.68. The standard InChI is InChI=1S/C24H21ClF2N4OS/c1-3-24(2,15-4-6-16(25)7-5-15)19-14-33-23(29-19)30-22(32)20-17(26)8-9-18(21(20)27)31-12-10-28-11-13-31/h1,4-9,14,28H,10-13H2,2H3,(H,29,30,32)/t24-/m0/s1. The van der Waals surface area contributed by atoms with E-state index >= 15 is 4.39 Å². The minimum atomic E-state index is -0.935. The number of aromatic nitrogens is 1. The highest BCUT2D eigenvalue weighted by molar-refractivity contribution is 7.14. The number of amides is 1. The number of halogens is 3. The fourth-order valence-electron chi connectivity index (χ4n) is 3.71. The van der Waals surface area contributed by atoms with E-state index in [1.807, 2.05) is 19.1 Å². The molecule has 1 saturated heterocycles. The van der Waals surface area contributed by atoms with E-state index in [-0.39, 0.29) is 10.8 Å². The first-order valence-corrected chi connectivity index (χ1v) is 11.5. The van der Waals surface area contributed by atoms with Crippen LogP contribution in [0.5, 0.6) is 0 Å². The normalized spacial score (nSPS) is 15.5. The lowest BCUT2D eigenvalue weighted by atomic mass is 9.81. The molecule has 0 bridgehead atoms. The molecule has 1 aliphatic rings. The molecule has 170 valence electrons. The van der Waals surface area contributed by atoms with Crippen LogP contribution < -0.4 is 15.5 Å². The van der Waals surface area contributed by atoms with E-state index in [4.69, 9.17) is 18.0 Å². The van der Waals surface area contributed by atoms with Crippen molar-refractivity contribution in [2.45, 2.75) is 12.3 Å². The summed E-state index contributed by atoms with van der Waals surface area (Å²) < 4.78 is 29.6. The number of benzene rings is 2. The van der Waals surface area contributed by atoms with Crippen LogP contribution in [0.2, 0.25) is 5.02 Å². The molecule has 3 aromatic rings. The van der Waals surface area contributed by atoms with Crippen molar-refractivity contribution in [3.63, 3.8) is 0 Å². The lowest BCUT2D eigenvalue weighted by Gasteiger charge is -2.30. The summed E-state index contributed by atoms with van der Waals surface area (Å²) in [6, 6.07) is 9.56. The second-order valence-electron chi connectivity index (χ2n) is 7.76. The molecule has 0 unspecified atom stereocenters. The minimum absolute atomic E-state index is 0.191. The number of terminal acetylenes is 1. The number of hydrogen-bond acceptors (Lipinski definition) is 5. The Morgan fingerprint density at radius 2 is 1.94 bits per heavy atom. The van der Waals surface area contributed by atoms with Crippen LogP contribution in [0.25, 0.3) is 0 Å². The number of piperazine rings is 1. The zero-order valence-corrected chi connectivity index (χ0v) is 19.4. The predicted molar refractivity (Wildman–Crippen MR) is 128 cm³/mol. The van der Waals surface area contributed by atoms with Crippen molar-refractivity contribution in [2.24, 2.45) is 0 Å². The fraction of sp³-hybridized carbons (Fsp3) is 0.250. The largest absolute Gasteiger partial charge is 0.367 e. The molecule has 2 heterocycles. The van der Waals surface area contributed by atoms with Gasteiger partial charge in [0.1, 0.15) is 11.4 Å². The van der Waals surface area contributed by atoms with Crippen molar-refractivity contribution < 1.29 is 13.6 Å². The maximum absolute atomic E-state index is 15.2. The SMILES string of the molecule is C#C[C@@](C)(c1ccc(Cl)cc1)c1csc(NC(=O)c2c(F)ccc(N3CCNCC3)c2F)n1. The molecule has 1 aliphatic heterocycles. The molecule has 2 aromatic carbocycles. The summed E-state index contributed by atoms with van der Waals surface area (Å²) in [5, 5.41) is 8.18. The van der Waals surface area contributed by atoms with Crippen molar-refractivity contribution in [2.75, 3.05) is 36.4 Å². The zero-order valence-electron chi connectivity index (χ0n) is 17.8. The molecular formula is C24H21ClF2N4OS. The number of carbonyl (C=O) groups excluding carboxylic acids is 1. The summed E-state index contributed by atoms with van der Waals surface area (Å²) >= 11 is 7.10. The lowest BCUT2D eigenvalue weighted by molar-refractivity contribution is 0.101. The molecule has 0 aliphatic carbocycles. The Balaban J connectivity index is 1.59. The quantitative estimate of drug-likeness (QED) is 0.514. The number of thiazole rings is 1. The first kappa shape index (κ1) is 23.2. The van der Waals surface area contributed by atoms with E-state index < -0.39 is 28.5 Å². The van der Waals surface area contributed by atoms with E-state index in [0.717, 1.165) is 23.0 Å². The Morgan fingerprint density at radius 3 is 2.61 bits per heavy atom. The number of carbonyl (C=O) groups is 1. The molecular weight excluding hydrogens is 466 g/mol. The summed E-state index contributed by atoms with van der Waals surface area (Å²) in [6.45, 7) is 4.32. The van der Waals surface area contributed by atoms with Gasteiger partial charge in [-0.3, -0.25) is 10.1 Å². The third kappa shape index (κ3) is 4.58. The molecule has 0 spiro atoms. The summed E-state index contributed by atoms with van der Waals surface area (Å²) in [4.78, 5) is 19.0. The number of anilines is 2. The molecule has 1 aromatic heterocycles. The van der Waals surface area contributed by atoms with Crippen LogP contribution in [0, 0.1) is 24.0 Å². The highest BCUT2D eigenvalue weighted by Crippen LogP contribution is 2.34. The van der Waals surface area contributed by atoms with Crippen molar-refractivity contribution in [3.8, 4) is 12.3 Å². The maximum Gasteiger partial charge on any atom is 0.263 e. The third-order valence-electron chi connectivity index (χ3n) is 5.70. The zero-order chi connectivity index (χ0) is 23.6. The Labute approximate surface area is 199 Å². The molecule has 1 atom stereocenters. The van der Waals surface area contributed by atoms with Crippen LogP contribution in [0.15, 0.2) is 41.8 Å². The summed E-state index contributed by atoms with van der Waals surface area (Å²) in [5.74, 6) is 0.0198. The van der Waals surface area contributed by atoms with E-state index in [2.05, 4.69) is 21.5 Å². The molecule has 9 heteroatoms. The molecule has 1 fully saturated rings. The van der Waals surface area contributed by atoms with Gasteiger partial charge in [-0.05, 0) is 36.8 Å². The van der Waals surface area contributed by atoms with Gasteiger partial charge in [-0.15, -0.1) is 17.8 Å². The Kier molecular flexibility index (Phi) is 6.66. The van der Waals surface area contributed by atoms with Crippen LogP contribution in [0.3, 0.4) is 0 Å². The van der Waals surface area contributed by atoms with Gasteiger partial charge in [0.05, 0.1) is 16.8 Å². The van der Waals surface area contributed by atoms with Crippen LogP contribution in [0.1, 0.15) is 28.5 Å². The molecule has 4 rings (SSSR count). The van der Waals surface area contributed by atoms with Gasteiger partial charge < -0.3 is 10.2 Å². The van der Waals surface area contributed by atoms with Gasteiger partial charge in [0.15, 0.2) is 10.9 Å². The number of nitrogens with one attached hydrogen (secondary N) is 2. The second-order valence-corrected chi connectivity index (χ2v) is 9.06.